The van der Waals surface area contributed by atoms with E-state index in [1.54, 1.807) is 6.07 Å². The highest BCUT2D eigenvalue weighted by atomic mass is 19.4. The van der Waals surface area contributed by atoms with Gasteiger partial charge in [0, 0.05) is 29.8 Å². The zero-order valence-electron chi connectivity index (χ0n) is 19.4. The van der Waals surface area contributed by atoms with Crippen LogP contribution in [-0.4, -0.2) is 29.3 Å². The topological polar surface area (TPSA) is 32.3 Å². The van der Waals surface area contributed by atoms with Gasteiger partial charge in [-0.25, -0.2) is 0 Å². The fourth-order valence-corrected chi connectivity index (χ4v) is 4.12. The molecule has 174 valence electrons. The minimum absolute atomic E-state index is 0.0574. The summed E-state index contributed by atoms with van der Waals surface area (Å²) in [7, 11) is 0. The number of hydrogen-bond donors (Lipinski definition) is 1. The van der Waals surface area contributed by atoms with Gasteiger partial charge in [0.2, 0.25) is 0 Å². The van der Waals surface area contributed by atoms with Crippen LogP contribution in [0, 0.1) is 6.92 Å². The molecule has 0 amide bonds. The average Bonchev–Trinajstić information content (AvgIpc) is 2.69. The van der Waals surface area contributed by atoms with Crippen LogP contribution in [0.5, 0.6) is 0 Å². The molecule has 2 aromatic carbocycles. The number of likely N-dealkylation sites (tertiary alicyclic amines) is 1. The van der Waals surface area contributed by atoms with Crippen LogP contribution in [0.3, 0.4) is 0 Å². The molecule has 0 aromatic heterocycles. The van der Waals surface area contributed by atoms with E-state index in [1.807, 2.05) is 45.9 Å². The first-order chi connectivity index (χ1) is 14.9. The molecule has 3 rings (SSSR count). The van der Waals surface area contributed by atoms with E-state index in [1.165, 1.54) is 6.07 Å². The van der Waals surface area contributed by atoms with Gasteiger partial charge in [-0.2, -0.15) is 13.2 Å². The van der Waals surface area contributed by atoms with E-state index in [2.05, 4.69) is 10.2 Å². The minimum Gasteiger partial charge on any atom is -0.380 e. The van der Waals surface area contributed by atoms with E-state index < -0.39 is 11.7 Å². The monoisotopic (exact) mass is 446 g/mol. The van der Waals surface area contributed by atoms with E-state index in [0.29, 0.717) is 0 Å². The minimum atomic E-state index is -4.49. The van der Waals surface area contributed by atoms with Crippen molar-refractivity contribution in [2.75, 3.05) is 18.4 Å². The molecule has 0 bridgehead atoms. The van der Waals surface area contributed by atoms with Gasteiger partial charge >= 0.3 is 6.18 Å². The summed E-state index contributed by atoms with van der Waals surface area (Å²) >= 11 is 0. The smallest absolute Gasteiger partial charge is 0.380 e. The van der Waals surface area contributed by atoms with Crippen molar-refractivity contribution in [1.82, 2.24) is 4.90 Å². The second kappa shape index (κ2) is 9.65. The number of rotatable bonds is 6. The molecule has 0 saturated carbocycles. The second-order valence-corrected chi connectivity index (χ2v) is 9.83. The molecule has 6 heteroatoms. The zero-order chi connectivity index (χ0) is 23.5. The van der Waals surface area contributed by atoms with Gasteiger partial charge in [-0.3, -0.25) is 9.69 Å². The van der Waals surface area contributed by atoms with Crippen LogP contribution in [-0.2, 0) is 19.1 Å². The summed E-state index contributed by atoms with van der Waals surface area (Å²) < 4.78 is 41.4. The molecule has 32 heavy (non-hydrogen) atoms. The first-order valence-electron chi connectivity index (χ1n) is 11.3. The molecule has 0 spiro atoms. The normalized spacial score (nSPS) is 15.6. The molecule has 0 radical (unpaired) electrons. The zero-order valence-corrected chi connectivity index (χ0v) is 19.4. The van der Waals surface area contributed by atoms with Gasteiger partial charge in [-0.1, -0.05) is 30.7 Å². The Morgan fingerprint density at radius 1 is 1.00 bits per heavy atom. The maximum atomic E-state index is 13.8. The lowest BCUT2D eigenvalue weighted by Gasteiger charge is -2.27. The van der Waals surface area contributed by atoms with Crippen LogP contribution < -0.4 is 5.32 Å². The number of piperidine rings is 1. The molecule has 2 aromatic rings. The number of ketones is 1. The molecule has 0 atom stereocenters. The molecular weight excluding hydrogens is 413 g/mol. The van der Waals surface area contributed by atoms with E-state index in [0.717, 1.165) is 55.2 Å². The van der Waals surface area contributed by atoms with Crippen LogP contribution in [0.2, 0.25) is 0 Å². The Labute approximate surface area is 189 Å². The number of carbonyl (C=O) groups is 1. The summed E-state index contributed by atoms with van der Waals surface area (Å²) in [5.74, 6) is -0.314. The quantitative estimate of drug-likeness (QED) is 0.505. The summed E-state index contributed by atoms with van der Waals surface area (Å²) in [4.78, 5) is 14.9. The predicted molar refractivity (Wildman–Crippen MR) is 123 cm³/mol. The number of carbonyl (C=O) groups excluding carboxylic acids is 1. The van der Waals surface area contributed by atoms with Gasteiger partial charge in [0.05, 0.1) is 5.56 Å². The molecule has 1 aliphatic heterocycles. The molecule has 1 aliphatic rings. The first-order valence-corrected chi connectivity index (χ1v) is 11.3. The fraction of sp³-hybridized carbons (Fsp3) is 0.500. The van der Waals surface area contributed by atoms with Crippen LogP contribution in [0.25, 0.3) is 0 Å². The van der Waals surface area contributed by atoms with Gasteiger partial charge < -0.3 is 5.32 Å². The number of nitrogens with one attached hydrogen (secondary N) is 1. The number of hydrogen-bond acceptors (Lipinski definition) is 3. The van der Waals surface area contributed by atoms with Crippen molar-refractivity contribution in [3.8, 4) is 0 Å². The number of nitrogens with zero attached hydrogens (tertiary/aromatic N) is 1. The molecule has 0 aliphatic carbocycles. The highest BCUT2D eigenvalue weighted by Crippen LogP contribution is 2.34. The summed E-state index contributed by atoms with van der Waals surface area (Å²) in [6.45, 7) is 10.0. The highest BCUT2D eigenvalue weighted by Gasteiger charge is 2.34. The Hall–Kier alpha value is -2.34. The van der Waals surface area contributed by atoms with Crippen molar-refractivity contribution < 1.29 is 18.0 Å². The van der Waals surface area contributed by atoms with Gasteiger partial charge in [-0.15, -0.1) is 0 Å². The average molecular weight is 447 g/mol. The molecule has 1 fully saturated rings. The fourth-order valence-electron chi connectivity index (χ4n) is 4.12. The highest BCUT2D eigenvalue weighted by molar-refractivity contribution is 5.98. The maximum Gasteiger partial charge on any atom is 0.416 e. The van der Waals surface area contributed by atoms with Crippen molar-refractivity contribution in [3.63, 3.8) is 0 Å². The van der Waals surface area contributed by atoms with Crippen LogP contribution >= 0.6 is 0 Å². The number of alkyl halides is 3. The number of anilines is 1. The Morgan fingerprint density at radius 3 is 2.31 bits per heavy atom. The largest absolute Gasteiger partial charge is 0.416 e. The molecule has 1 N–H and O–H groups in total. The van der Waals surface area contributed by atoms with Crippen LogP contribution in [0.15, 0.2) is 36.4 Å². The van der Waals surface area contributed by atoms with Crippen molar-refractivity contribution >= 4 is 11.5 Å². The second-order valence-electron chi connectivity index (χ2n) is 9.83. The Kier molecular flexibility index (Phi) is 7.33. The molecular formula is C26H33F3N2O. The summed E-state index contributed by atoms with van der Waals surface area (Å²) in [6.07, 6.45) is -1.28. The Morgan fingerprint density at radius 2 is 1.69 bits per heavy atom. The van der Waals surface area contributed by atoms with Gasteiger partial charge in [0.15, 0.2) is 5.78 Å². The van der Waals surface area contributed by atoms with Crippen molar-refractivity contribution in [2.24, 2.45) is 0 Å². The predicted octanol–water partition coefficient (Wildman–Crippen LogP) is 6.64. The van der Waals surface area contributed by atoms with Crippen molar-refractivity contribution in [1.29, 1.82) is 0 Å². The number of Topliss-reactive ketones (excluding diaryl/α,β-unsaturated/α-hetero) is 1. The lowest BCUT2D eigenvalue weighted by atomic mass is 9.96. The van der Waals surface area contributed by atoms with E-state index in [-0.39, 0.29) is 35.4 Å². The molecule has 1 saturated heterocycles. The third kappa shape index (κ3) is 6.58. The van der Waals surface area contributed by atoms with E-state index >= 15 is 0 Å². The van der Waals surface area contributed by atoms with E-state index in [9.17, 15) is 18.0 Å². The maximum absolute atomic E-state index is 13.8. The number of benzene rings is 2. The third-order valence-electron chi connectivity index (χ3n) is 5.76. The Balaban J connectivity index is 1.81. The number of halogens is 3. The lowest BCUT2D eigenvalue weighted by Crippen LogP contribution is -2.30. The van der Waals surface area contributed by atoms with Gasteiger partial charge in [-0.05, 0) is 82.4 Å². The van der Waals surface area contributed by atoms with Crippen molar-refractivity contribution in [2.45, 2.75) is 71.6 Å². The third-order valence-corrected chi connectivity index (χ3v) is 5.76. The number of aryl methyl sites for hydroxylation is 1. The van der Waals surface area contributed by atoms with Crippen LogP contribution in [0.4, 0.5) is 18.9 Å². The van der Waals surface area contributed by atoms with E-state index in [4.69, 9.17) is 0 Å². The van der Waals surface area contributed by atoms with Crippen molar-refractivity contribution in [3.05, 3.63) is 64.2 Å². The first kappa shape index (κ1) is 24.3. The lowest BCUT2D eigenvalue weighted by molar-refractivity contribution is -0.138. The van der Waals surface area contributed by atoms with Gasteiger partial charge in [0.25, 0.3) is 0 Å². The molecule has 1 heterocycles. The van der Waals surface area contributed by atoms with Crippen LogP contribution in [0.1, 0.15) is 72.6 Å². The SMILES string of the molecule is Cc1ccc(CC(=O)c2ccc(CN3CCCCC3)c(C(F)(F)F)c2)cc1NC(C)(C)C. The Bertz CT molecular complexity index is 955. The summed E-state index contributed by atoms with van der Waals surface area (Å²) in [6, 6.07) is 9.75. The summed E-state index contributed by atoms with van der Waals surface area (Å²) in [5, 5.41) is 3.41. The van der Waals surface area contributed by atoms with Gasteiger partial charge in [0.1, 0.15) is 0 Å². The standard InChI is InChI=1S/C26H33F3N2O/c1-18-8-9-19(14-23(18)30-25(2,3)4)15-24(32)20-10-11-21(22(16-20)26(27,28)29)17-31-12-6-5-7-13-31/h8-11,14,16,30H,5-7,12-13,15,17H2,1-4H3. The molecule has 3 nitrogen and oxygen atoms in total. The summed E-state index contributed by atoms with van der Waals surface area (Å²) in [5.41, 5.74) is 2.26. The molecule has 0 unspecified atom stereocenters.